The van der Waals surface area contributed by atoms with Crippen LogP contribution in [0.2, 0.25) is 0 Å². The minimum Gasteiger partial charge on any atom is -0.326 e. The molecule has 0 saturated heterocycles. The van der Waals surface area contributed by atoms with Crippen LogP contribution in [0.4, 0.5) is 11.4 Å². The number of hydrogen-bond donors (Lipinski definition) is 2. The maximum absolute atomic E-state index is 12.9. The standard InChI is InChI=1S/C21H25N3O4S/c1-13-10-18-12-20(8-9-21(18)24(13)16(4)26)29(27,28)23-14(2)17-6-5-7-19(11-17)22-15(3)25/h5-9,11-14,23H,10H2,1-4H3,(H,22,25). The number of sulfonamides is 1. The molecule has 2 aromatic rings. The Morgan fingerprint density at radius 3 is 2.52 bits per heavy atom. The van der Waals surface area contributed by atoms with Crippen molar-refractivity contribution in [3.63, 3.8) is 0 Å². The minimum absolute atomic E-state index is 0.00357. The van der Waals surface area contributed by atoms with Crippen LogP contribution < -0.4 is 14.9 Å². The topological polar surface area (TPSA) is 95.6 Å². The van der Waals surface area contributed by atoms with Crippen molar-refractivity contribution in [1.82, 2.24) is 4.72 Å². The molecular formula is C21H25N3O4S. The van der Waals surface area contributed by atoms with Crippen LogP contribution in [0.5, 0.6) is 0 Å². The Kier molecular flexibility index (Phi) is 5.77. The Labute approximate surface area is 171 Å². The molecule has 3 rings (SSSR count). The molecule has 0 aliphatic carbocycles. The summed E-state index contributed by atoms with van der Waals surface area (Å²) < 4.78 is 28.5. The van der Waals surface area contributed by atoms with E-state index in [1.165, 1.54) is 19.9 Å². The molecule has 1 heterocycles. The Hall–Kier alpha value is -2.71. The van der Waals surface area contributed by atoms with Gasteiger partial charge in [-0.2, -0.15) is 0 Å². The fourth-order valence-electron chi connectivity index (χ4n) is 3.71. The molecule has 1 aliphatic heterocycles. The first kappa shape index (κ1) is 21.0. The second kappa shape index (κ2) is 7.96. The highest BCUT2D eigenvalue weighted by molar-refractivity contribution is 7.89. The van der Waals surface area contributed by atoms with E-state index in [1.54, 1.807) is 48.2 Å². The number of benzene rings is 2. The first-order chi connectivity index (χ1) is 13.6. The van der Waals surface area contributed by atoms with E-state index >= 15 is 0 Å². The number of nitrogens with one attached hydrogen (secondary N) is 2. The molecule has 2 aromatic carbocycles. The summed E-state index contributed by atoms with van der Waals surface area (Å²) in [6.07, 6.45) is 0.618. The summed E-state index contributed by atoms with van der Waals surface area (Å²) in [5.41, 5.74) is 2.95. The largest absolute Gasteiger partial charge is 0.326 e. The van der Waals surface area contributed by atoms with Crippen molar-refractivity contribution in [2.75, 3.05) is 10.2 Å². The number of hydrogen-bond acceptors (Lipinski definition) is 4. The summed E-state index contributed by atoms with van der Waals surface area (Å²) in [6.45, 7) is 6.62. The zero-order valence-electron chi connectivity index (χ0n) is 16.9. The van der Waals surface area contributed by atoms with E-state index in [1.807, 2.05) is 6.92 Å². The first-order valence-electron chi connectivity index (χ1n) is 9.41. The van der Waals surface area contributed by atoms with Crippen LogP contribution in [0, 0.1) is 0 Å². The molecule has 1 aliphatic rings. The molecule has 2 atom stereocenters. The van der Waals surface area contributed by atoms with Crippen LogP contribution in [0.25, 0.3) is 0 Å². The van der Waals surface area contributed by atoms with Gasteiger partial charge in [-0.15, -0.1) is 0 Å². The monoisotopic (exact) mass is 415 g/mol. The normalized spacial score (nSPS) is 17.0. The fraction of sp³-hybridized carbons (Fsp3) is 0.333. The lowest BCUT2D eigenvalue weighted by Gasteiger charge is -2.20. The van der Waals surface area contributed by atoms with E-state index in [0.717, 1.165) is 16.8 Å². The van der Waals surface area contributed by atoms with Gasteiger partial charge in [0, 0.05) is 37.3 Å². The van der Waals surface area contributed by atoms with Crippen molar-refractivity contribution in [1.29, 1.82) is 0 Å². The van der Waals surface area contributed by atoms with Gasteiger partial charge >= 0.3 is 0 Å². The quantitative estimate of drug-likeness (QED) is 0.785. The number of carbonyl (C=O) groups excluding carboxylic acids is 2. The molecule has 2 unspecified atom stereocenters. The van der Waals surface area contributed by atoms with Gasteiger partial charge in [0.1, 0.15) is 0 Å². The molecule has 0 spiro atoms. The van der Waals surface area contributed by atoms with Crippen molar-refractivity contribution >= 4 is 33.2 Å². The number of nitrogens with zero attached hydrogens (tertiary/aromatic N) is 1. The second-order valence-electron chi connectivity index (χ2n) is 7.38. The van der Waals surface area contributed by atoms with Gasteiger partial charge in [-0.05, 0) is 61.7 Å². The predicted octanol–water partition coefficient (Wildman–Crippen LogP) is 2.98. The zero-order valence-corrected chi connectivity index (χ0v) is 17.7. The molecule has 0 fully saturated rings. The Morgan fingerprint density at radius 2 is 1.86 bits per heavy atom. The van der Waals surface area contributed by atoms with Crippen LogP contribution in [0.3, 0.4) is 0 Å². The van der Waals surface area contributed by atoms with Gasteiger partial charge in [0.2, 0.25) is 21.8 Å². The summed E-state index contributed by atoms with van der Waals surface area (Å²) in [5, 5.41) is 2.69. The molecule has 8 heteroatoms. The van der Waals surface area contributed by atoms with Gasteiger partial charge in [-0.3, -0.25) is 9.59 Å². The van der Waals surface area contributed by atoms with Gasteiger partial charge in [0.15, 0.2) is 0 Å². The molecule has 2 N–H and O–H groups in total. The van der Waals surface area contributed by atoms with E-state index in [4.69, 9.17) is 0 Å². The van der Waals surface area contributed by atoms with Gasteiger partial charge in [0.25, 0.3) is 0 Å². The molecule has 2 amide bonds. The van der Waals surface area contributed by atoms with Crippen LogP contribution >= 0.6 is 0 Å². The van der Waals surface area contributed by atoms with Gasteiger partial charge < -0.3 is 10.2 Å². The van der Waals surface area contributed by atoms with Crippen LogP contribution in [-0.2, 0) is 26.0 Å². The highest BCUT2D eigenvalue weighted by atomic mass is 32.2. The lowest BCUT2D eigenvalue weighted by Crippen LogP contribution is -2.33. The Balaban J connectivity index is 1.83. The van der Waals surface area contributed by atoms with Gasteiger partial charge in [0.05, 0.1) is 4.90 Å². The number of rotatable bonds is 5. The van der Waals surface area contributed by atoms with Crippen molar-refractivity contribution in [2.45, 2.75) is 51.1 Å². The Morgan fingerprint density at radius 1 is 1.14 bits per heavy atom. The zero-order chi connectivity index (χ0) is 21.3. The number of amides is 2. The smallest absolute Gasteiger partial charge is 0.241 e. The first-order valence-corrected chi connectivity index (χ1v) is 10.9. The van der Waals surface area contributed by atoms with Crippen LogP contribution in [0.15, 0.2) is 47.4 Å². The van der Waals surface area contributed by atoms with Crippen molar-refractivity contribution in [3.8, 4) is 0 Å². The van der Waals surface area contributed by atoms with E-state index in [0.29, 0.717) is 12.1 Å². The Bertz CT molecular complexity index is 1070. The van der Waals surface area contributed by atoms with E-state index in [-0.39, 0.29) is 22.8 Å². The second-order valence-corrected chi connectivity index (χ2v) is 9.10. The number of carbonyl (C=O) groups is 2. The van der Waals surface area contributed by atoms with E-state index in [2.05, 4.69) is 10.0 Å². The average molecular weight is 416 g/mol. The molecule has 154 valence electrons. The average Bonchev–Trinajstić information content (AvgIpc) is 2.96. The third-order valence-electron chi connectivity index (χ3n) is 4.96. The third kappa shape index (κ3) is 4.49. The van der Waals surface area contributed by atoms with Crippen molar-refractivity contribution in [2.24, 2.45) is 0 Å². The summed E-state index contributed by atoms with van der Waals surface area (Å²) in [4.78, 5) is 25.0. The van der Waals surface area contributed by atoms with Crippen molar-refractivity contribution in [3.05, 3.63) is 53.6 Å². The summed E-state index contributed by atoms with van der Waals surface area (Å²) in [7, 11) is -3.76. The summed E-state index contributed by atoms with van der Waals surface area (Å²) in [6, 6.07) is 11.4. The molecule has 0 aromatic heterocycles. The maximum Gasteiger partial charge on any atom is 0.241 e. The highest BCUT2D eigenvalue weighted by Gasteiger charge is 2.30. The lowest BCUT2D eigenvalue weighted by atomic mass is 10.1. The van der Waals surface area contributed by atoms with Crippen LogP contribution in [-0.4, -0.2) is 26.3 Å². The van der Waals surface area contributed by atoms with Gasteiger partial charge in [-0.1, -0.05) is 12.1 Å². The lowest BCUT2D eigenvalue weighted by molar-refractivity contribution is -0.117. The summed E-state index contributed by atoms with van der Waals surface area (Å²) in [5.74, 6) is -0.250. The fourth-order valence-corrected chi connectivity index (χ4v) is 4.99. The van der Waals surface area contributed by atoms with Crippen molar-refractivity contribution < 1.29 is 18.0 Å². The molecule has 29 heavy (non-hydrogen) atoms. The minimum atomic E-state index is -3.76. The maximum atomic E-state index is 12.9. The molecule has 0 saturated carbocycles. The molecule has 7 nitrogen and oxygen atoms in total. The van der Waals surface area contributed by atoms with Gasteiger partial charge in [-0.25, -0.2) is 13.1 Å². The highest BCUT2D eigenvalue weighted by Crippen LogP contribution is 2.34. The number of fused-ring (bicyclic) bond motifs is 1. The third-order valence-corrected chi connectivity index (χ3v) is 6.49. The molecule has 0 bridgehead atoms. The molecule has 0 radical (unpaired) electrons. The summed E-state index contributed by atoms with van der Waals surface area (Å²) >= 11 is 0. The predicted molar refractivity (Wildman–Crippen MR) is 112 cm³/mol. The SMILES string of the molecule is CC(=O)Nc1cccc(C(C)NS(=O)(=O)c2ccc3c(c2)CC(C)N3C(C)=O)c1. The molecular weight excluding hydrogens is 390 g/mol. The van der Waals surface area contributed by atoms with E-state index in [9.17, 15) is 18.0 Å². The number of anilines is 2. The van der Waals surface area contributed by atoms with E-state index < -0.39 is 16.1 Å². The van der Waals surface area contributed by atoms with Crippen LogP contribution in [0.1, 0.15) is 44.9 Å².